The predicted molar refractivity (Wildman–Crippen MR) is 81.6 cm³/mol. The molecular formula is C15H26O6S. The van der Waals surface area contributed by atoms with Crippen molar-refractivity contribution in [2.45, 2.75) is 42.6 Å². The Bertz CT molecular complexity index is 441. The molecule has 0 N–H and O–H groups in total. The Labute approximate surface area is 132 Å². The second-order valence-electron chi connectivity index (χ2n) is 6.01. The molecule has 2 unspecified atom stereocenters. The molecule has 22 heavy (non-hydrogen) atoms. The lowest BCUT2D eigenvalue weighted by Crippen LogP contribution is -2.36. The second-order valence-corrected chi connectivity index (χ2v) is 8.52. The van der Waals surface area contributed by atoms with Crippen molar-refractivity contribution in [3.05, 3.63) is 0 Å². The lowest BCUT2D eigenvalue weighted by molar-refractivity contribution is -0.124. The zero-order chi connectivity index (χ0) is 16.0. The van der Waals surface area contributed by atoms with Crippen LogP contribution in [0.2, 0.25) is 0 Å². The summed E-state index contributed by atoms with van der Waals surface area (Å²) in [6, 6.07) is 0. The summed E-state index contributed by atoms with van der Waals surface area (Å²) in [7, 11) is -1.33. The van der Waals surface area contributed by atoms with Gasteiger partial charge in [-0.15, -0.1) is 0 Å². The highest BCUT2D eigenvalue weighted by atomic mass is 32.2. The van der Waals surface area contributed by atoms with E-state index in [0.717, 1.165) is 12.8 Å². The summed E-state index contributed by atoms with van der Waals surface area (Å²) >= 11 is 0. The third-order valence-electron chi connectivity index (χ3n) is 4.59. The number of carbonyl (C=O) groups excluding carboxylic acids is 1. The van der Waals surface area contributed by atoms with Crippen molar-refractivity contribution in [1.82, 2.24) is 0 Å². The average molecular weight is 334 g/mol. The molecule has 0 aromatic heterocycles. The van der Waals surface area contributed by atoms with Crippen LogP contribution in [0.3, 0.4) is 0 Å². The van der Waals surface area contributed by atoms with Gasteiger partial charge in [0.1, 0.15) is 5.78 Å². The molecule has 2 aliphatic heterocycles. The van der Waals surface area contributed by atoms with Crippen LogP contribution in [0.1, 0.15) is 32.1 Å². The Hall–Kier alpha value is -0.500. The van der Waals surface area contributed by atoms with Gasteiger partial charge in [0.25, 0.3) is 0 Å². The van der Waals surface area contributed by atoms with E-state index in [1.807, 2.05) is 0 Å². The third kappa shape index (κ3) is 4.50. The van der Waals surface area contributed by atoms with Crippen molar-refractivity contribution in [2.75, 3.05) is 40.1 Å². The Morgan fingerprint density at radius 3 is 2.09 bits per heavy atom. The van der Waals surface area contributed by atoms with Gasteiger partial charge in [-0.2, -0.15) is 0 Å². The maximum Gasteiger partial charge on any atom is 0.156 e. The number of carbonyl (C=O) groups is 1. The largest absolute Gasteiger partial charge is 0.382 e. The predicted octanol–water partition coefficient (Wildman–Crippen LogP) is 0.981. The summed E-state index contributed by atoms with van der Waals surface area (Å²) in [5.74, 6) is 0.0506. The molecule has 2 rings (SSSR count). The molecule has 128 valence electrons. The number of ketones is 1. The molecule has 0 aromatic carbocycles. The second kappa shape index (κ2) is 8.38. The molecule has 2 saturated heterocycles. The first-order chi connectivity index (χ1) is 10.6. The quantitative estimate of drug-likeness (QED) is 0.554. The fraction of sp³-hybridized carbons (Fsp3) is 0.933. The van der Waals surface area contributed by atoms with Crippen LogP contribution in [-0.4, -0.2) is 64.8 Å². The van der Waals surface area contributed by atoms with Crippen LogP contribution in [0.4, 0.5) is 0 Å². The van der Waals surface area contributed by atoms with Crippen molar-refractivity contribution < 1.29 is 27.4 Å². The van der Waals surface area contributed by atoms with Gasteiger partial charge in [-0.1, -0.05) is 0 Å². The number of Topliss-reactive ketones (excluding diaryl/α,β-unsaturated/α-hetero) is 1. The molecule has 2 heterocycles. The molecule has 2 aliphatic rings. The summed E-state index contributed by atoms with van der Waals surface area (Å²) in [5.41, 5.74) is 0. The van der Waals surface area contributed by atoms with Gasteiger partial charge in [0.05, 0.1) is 43.5 Å². The summed E-state index contributed by atoms with van der Waals surface area (Å²) in [6.45, 7) is 2.43. The highest BCUT2D eigenvalue weighted by Crippen LogP contribution is 2.41. The Morgan fingerprint density at radius 1 is 0.955 bits per heavy atom. The number of sulfone groups is 1. The molecule has 0 aliphatic carbocycles. The Morgan fingerprint density at radius 2 is 1.50 bits per heavy atom. The lowest BCUT2D eigenvalue weighted by Gasteiger charge is -2.26. The number of methoxy groups -OCH3 is 1. The van der Waals surface area contributed by atoms with Crippen molar-refractivity contribution in [3.8, 4) is 0 Å². The van der Waals surface area contributed by atoms with Crippen LogP contribution < -0.4 is 0 Å². The van der Waals surface area contributed by atoms with E-state index in [-0.39, 0.29) is 22.2 Å². The zero-order valence-corrected chi connectivity index (χ0v) is 14.0. The van der Waals surface area contributed by atoms with Gasteiger partial charge in [0.2, 0.25) is 0 Å². The molecule has 2 fully saturated rings. The first kappa shape index (κ1) is 17.8. The van der Waals surface area contributed by atoms with Gasteiger partial charge >= 0.3 is 0 Å². The van der Waals surface area contributed by atoms with E-state index in [9.17, 15) is 13.2 Å². The normalized spacial score (nSPS) is 29.6. The van der Waals surface area contributed by atoms with Gasteiger partial charge in [-0.05, 0) is 25.7 Å². The minimum atomic E-state index is -2.95. The van der Waals surface area contributed by atoms with Gasteiger partial charge in [0, 0.05) is 19.4 Å². The fourth-order valence-electron chi connectivity index (χ4n) is 3.31. The lowest BCUT2D eigenvalue weighted by atomic mass is 9.93. The molecule has 0 aromatic rings. The number of hydrogen-bond acceptors (Lipinski definition) is 6. The van der Waals surface area contributed by atoms with E-state index in [0.29, 0.717) is 52.3 Å². The van der Waals surface area contributed by atoms with Crippen LogP contribution in [0.5, 0.6) is 0 Å². The fourth-order valence-corrected chi connectivity index (χ4v) is 5.79. The van der Waals surface area contributed by atoms with E-state index in [1.54, 1.807) is 7.11 Å². The van der Waals surface area contributed by atoms with Crippen LogP contribution in [0.25, 0.3) is 0 Å². The van der Waals surface area contributed by atoms with Gasteiger partial charge in [-0.25, -0.2) is 8.42 Å². The zero-order valence-electron chi connectivity index (χ0n) is 13.2. The third-order valence-corrected chi connectivity index (χ3v) is 7.30. The molecule has 7 heteroatoms. The van der Waals surface area contributed by atoms with E-state index < -0.39 is 9.84 Å². The number of ether oxygens (including phenoxy) is 3. The van der Waals surface area contributed by atoms with E-state index in [4.69, 9.17) is 14.2 Å². The highest BCUT2D eigenvalue weighted by Gasteiger charge is 2.48. The molecule has 0 saturated carbocycles. The highest BCUT2D eigenvalue weighted by molar-refractivity contribution is 7.93. The van der Waals surface area contributed by atoms with Crippen molar-refractivity contribution >= 4 is 15.6 Å². The minimum absolute atomic E-state index is 0.0948. The van der Waals surface area contributed by atoms with E-state index in [1.165, 1.54) is 0 Å². The standard InChI is InChI=1S/C15H26O6S/c1-19-6-7-21-9-8-20-5-4-15(16)12-10-13-2-3-14(11-12)22(13,17)18/h12-14H,2-11H2,1H3. The molecule has 2 atom stereocenters. The number of rotatable bonds is 10. The van der Waals surface area contributed by atoms with Crippen LogP contribution in [0, 0.1) is 5.92 Å². The van der Waals surface area contributed by atoms with Crippen LogP contribution in [0.15, 0.2) is 0 Å². The molecular weight excluding hydrogens is 308 g/mol. The Balaban J connectivity index is 1.59. The molecule has 6 nitrogen and oxygen atoms in total. The average Bonchev–Trinajstić information content (AvgIpc) is 2.69. The molecule has 2 bridgehead atoms. The molecule has 0 spiro atoms. The first-order valence-corrected chi connectivity index (χ1v) is 9.56. The van der Waals surface area contributed by atoms with Crippen LogP contribution in [-0.2, 0) is 28.8 Å². The maximum absolute atomic E-state index is 12.2. The summed E-state index contributed by atoms with van der Waals surface area (Å²) in [5, 5.41) is -0.564. The monoisotopic (exact) mass is 334 g/mol. The number of fused-ring (bicyclic) bond motifs is 2. The minimum Gasteiger partial charge on any atom is -0.382 e. The Kier molecular flexibility index (Phi) is 6.80. The molecule has 0 radical (unpaired) electrons. The van der Waals surface area contributed by atoms with E-state index in [2.05, 4.69) is 0 Å². The summed E-state index contributed by atoms with van der Waals surface area (Å²) in [4.78, 5) is 12.2. The van der Waals surface area contributed by atoms with Crippen molar-refractivity contribution in [3.63, 3.8) is 0 Å². The van der Waals surface area contributed by atoms with Gasteiger partial charge < -0.3 is 14.2 Å². The number of hydrogen-bond donors (Lipinski definition) is 0. The van der Waals surface area contributed by atoms with Crippen molar-refractivity contribution in [1.29, 1.82) is 0 Å². The maximum atomic E-state index is 12.2. The first-order valence-electron chi connectivity index (χ1n) is 7.95. The summed E-state index contributed by atoms with van der Waals surface area (Å²) in [6.07, 6.45) is 2.84. The van der Waals surface area contributed by atoms with Crippen molar-refractivity contribution in [2.24, 2.45) is 5.92 Å². The van der Waals surface area contributed by atoms with Gasteiger partial charge in [0.15, 0.2) is 9.84 Å². The molecule has 0 amide bonds. The topological polar surface area (TPSA) is 78.9 Å². The SMILES string of the molecule is COCCOCCOCCC(=O)C1CC2CCC(C1)S2(=O)=O. The summed E-state index contributed by atoms with van der Waals surface area (Å²) < 4.78 is 39.5. The van der Waals surface area contributed by atoms with E-state index >= 15 is 0 Å². The van der Waals surface area contributed by atoms with Gasteiger partial charge in [-0.3, -0.25) is 4.79 Å². The smallest absolute Gasteiger partial charge is 0.156 e. The van der Waals surface area contributed by atoms with Crippen LogP contribution >= 0.6 is 0 Å².